The van der Waals surface area contributed by atoms with Crippen molar-refractivity contribution in [2.24, 2.45) is 5.90 Å². The minimum absolute atomic E-state index is 0.767. The highest BCUT2D eigenvalue weighted by molar-refractivity contribution is 5.84. The Bertz CT molecular complexity index is 165. The highest BCUT2D eigenvalue weighted by Crippen LogP contribution is 2.00. The van der Waals surface area contributed by atoms with Crippen LogP contribution < -0.4 is 5.90 Å². The second-order valence-electron chi connectivity index (χ2n) is 2.55. The van der Waals surface area contributed by atoms with Gasteiger partial charge in [0.2, 0.25) is 0 Å². The average molecular weight is 227 g/mol. The molecular weight excluding hydrogens is 210 g/mol. The second-order valence-corrected chi connectivity index (χ2v) is 2.55. The summed E-state index contributed by atoms with van der Waals surface area (Å²) < 4.78 is 0. The standard InChI is InChI=1S/C6H12O6.CH5NO/c7-1-3(9)5(11)6(12)4(10)2-8;1-3-2/h3,5-9,11-12H,1-2H2;2H2,1H3/t3-,5-,6-;/m1./s1. The average Bonchev–Trinajstić information content (AvgIpc) is 2.25. The van der Waals surface area contributed by atoms with Gasteiger partial charge in [-0.2, -0.15) is 0 Å². The molecule has 8 nitrogen and oxygen atoms in total. The van der Waals surface area contributed by atoms with Crippen LogP contribution in [-0.4, -0.2) is 70.0 Å². The Morgan fingerprint density at radius 3 is 2.00 bits per heavy atom. The molecule has 0 aliphatic rings. The topological polar surface area (TPSA) is 153 Å². The summed E-state index contributed by atoms with van der Waals surface area (Å²) >= 11 is 0. The maximum absolute atomic E-state index is 10.5. The molecule has 0 heterocycles. The molecule has 0 bridgehead atoms. The third-order valence-electron chi connectivity index (χ3n) is 1.39. The molecule has 0 aliphatic heterocycles. The number of carbonyl (C=O) groups excluding carboxylic acids is 1. The van der Waals surface area contributed by atoms with E-state index in [-0.39, 0.29) is 0 Å². The van der Waals surface area contributed by atoms with E-state index in [0.29, 0.717) is 0 Å². The zero-order valence-corrected chi connectivity index (χ0v) is 8.28. The molecule has 0 aromatic carbocycles. The molecule has 0 rings (SSSR count). The van der Waals surface area contributed by atoms with E-state index in [0.717, 1.165) is 0 Å². The number of hydrogen-bond donors (Lipinski definition) is 6. The highest BCUT2D eigenvalue weighted by atomic mass is 16.6. The zero-order valence-electron chi connectivity index (χ0n) is 8.28. The van der Waals surface area contributed by atoms with Crippen LogP contribution in [0.5, 0.6) is 0 Å². The van der Waals surface area contributed by atoms with Crippen LogP contribution >= 0.6 is 0 Å². The van der Waals surface area contributed by atoms with Gasteiger partial charge in [0.1, 0.15) is 24.9 Å². The number of ketones is 1. The summed E-state index contributed by atoms with van der Waals surface area (Å²) in [4.78, 5) is 14.3. The largest absolute Gasteiger partial charge is 0.394 e. The molecule has 92 valence electrons. The van der Waals surface area contributed by atoms with E-state index in [9.17, 15) is 4.79 Å². The van der Waals surface area contributed by atoms with Crippen LogP contribution in [0.15, 0.2) is 0 Å². The van der Waals surface area contributed by atoms with Crippen LogP contribution in [0.1, 0.15) is 0 Å². The molecular formula is C7H17NO7. The molecule has 7 N–H and O–H groups in total. The normalized spacial score (nSPS) is 15.9. The van der Waals surface area contributed by atoms with Gasteiger partial charge in [-0.1, -0.05) is 0 Å². The summed E-state index contributed by atoms with van der Waals surface area (Å²) in [5.74, 6) is 3.34. The Hall–Kier alpha value is -0.610. The molecule has 0 aromatic rings. The van der Waals surface area contributed by atoms with Gasteiger partial charge >= 0.3 is 0 Å². The molecule has 0 fully saturated rings. The number of nitrogens with two attached hydrogens (primary N) is 1. The van der Waals surface area contributed by atoms with Gasteiger partial charge in [0.25, 0.3) is 0 Å². The van der Waals surface area contributed by atoms with Crippen LogP contribution in [0, 0.1) is 0 Å². The Morgan fingerprint density at radius 2 is 1.73 bits per heavy atom. The lowest BCUT2D eigenvalue weighted by molar-refractivity contribution is -0.142. The summed E-state index contributed by atoms with van der Waals surface area (Å²) in [6, 6.07) is 0. The summed E-state index contributed by atoms with van der Waals surface area (Å²) in [5.41, 5.74) is 0. The van der Waals surface area contributed by atoms with Crippen molar-refractivity contribution >= 4 is 5.78 Å². The molecule has 8 heteroatoms. The van der Waals surface area contributed by atoms with Gasteiger partial charge in [-0.3, -0.25) is 4.79 Å². The Labute approximate surface area is 86.5 Å². The fourth-order valence-corrected chi connectivity index (χ4v) is 0.602. The van der Waals surface area contributed by atoms with Gasteiger partial charge in [-0.15, -0.1) is 0 Å². The fraction of sp³-hybridized carbons (Fsp3) is 0.857. The van der Waals surface area contributed by atoms with E-state index < -0.39 is 37.3 Å². The van der Waals surface area contributed by atoms with Crippen molar-refractivity contribution in [3.63, 3.8) is 0 Å². The molecule has 0 aliphatic carbocycles. The second kappa shape index (κ2) is 9.93. The van der Waals surface area contributed by atoms with Gasteiger partial charge in [0, 0.05) is 0 Å². The quantitative estimate of drug-likeness (QED) is 0.261. The molecule has 3 atom stereocenters. The number of hydrogen-bond acceptors (Lipinski definition) is 8. The fourth-order valence-electron chi connectivity index (χ4n) is 0.602. The summed E-state index contributed by atoms with van der Waals surface area (Å²) in [6.07, 6.45) is -5.22. The molecule has 0 unspecified atom stereocenters. The predicted molar refractivity (Wildman–Crippen MR) is 48.4 cm³/mol. The van der Waals surface area contributed by atoms with Gasteiger partial charge in [0.05, 0.1) is 13.7 Å². The maximum atomic E-state index is 10.5. The molecule has 0 saturated carbocycles. The molecule has 15 heavy (non-hydrogen) atoms. The smallest absolute Gasteiger partial charge is 0.189 e. The first kappa shape index (κ1) is 16.8. The monoisotopic (exact) mass is 227 g/mol. The van der Waals surface area contributed by atoms with Crippen molar-refractivity contribution in [2.45, 2.75) is 18.3 Å². The van der Waals surface area contributed by atoms with Crippen LogP contribution in [-0.2, 0) is 9.63 Å². The molecule has 0 spiro atoms. The summed E-state index contributed by atoms with van der Waals surface area (Å²) in [7, 11) is 1.40. The van der Waals surface area contributed by atoms with E-state index in [2.05, 4.69) is 10.7 Å². The van der Waals surface area contributed by atoms with Gasteiger partial charge < -0.3 is 30.4 Å². The maximum Gasteiger partial charge on any atom is 0.189 e. The third kappa shape index (κ3) is 7.33. The van der Waals surface area contributed by atoms with Crippen molar-refractivity contribution in [3.8, 4) is 0 Å². The first-order valence-corrected chi connectivity index (χ1v) is 3.97. The SMILES string of the molecule is CON.O=C(CO)[C@@H](O)[C@H](O)[C@H](O)CO. The lowest BCUT2D eigenvalue weighted by Gasteiger charge is -2.19. The molecule has 0 saturated heterocycles. The summed E-state index contributed by atoms with van der Waals surface area (Å²) in [5, 5.41) is 43.1. The van der Waals surface area contributed by atoms with E-state index in [1.54, 1.807) is 0 Å². The van der Waals surface area contributed by atoms with Crippen molar-refractivity contribution < 1.29 is 35.2 Å². The molecule has 0 aromatic heterocycles. The van der Waals surface area contributed by atoms with Crippen molar-refractivity contribution in [2.75, 3.05) is 20.3 Å². The number of carbonyl (C=O) groups is 1. The van der Waals surface area contributed by atoms with Crippen LogP contribution in [0.2, 0.25) is 0 Å². The first-order chi connectivity index (χ1) is 6.95. The third-order valence-corrected chi connectivity index (χ3v) is 1.39. The zero-order chi connectivity index (χ0) is 12.4. The van der Waals surface area contributed by atoms with E-state index >= 15 is 0 Å². The minimum Gasteiger partial charge on any atom is -0.394 e. The summed E-state index contributed by atoms with van der Waals surface area (Å²) in [6.45, 7) is -1.69. The number of Topliss-reactive ketones (excluding diaryl/α,β-unsaturated/α-hetero) is 1. The molecule has 0 amide bonds. The Balaban J connectivity index is 0. The highest BCUT2D eigenvalue weighted by Gasteiger charge is 2.28. The Kier molecular flexibility index (Phi) is 11.1. The lowest BCUT2D eigenvalue weighted by Crippen LogP contribution is -2.44. The van der Waals surface area contributed by atoms with Crippen molar-refractivity contribution in [1.29, 1.82) is 0 Å². The van der Waals surface area contributed by atoms with E-state index in [1.807, 2.05) is 0 Å². The van der Waals surface area contributed by atoms with Gasteiger partial charge in [-0.25, -0.2) is 5.90 Å². The van der Waals surface area contributed by atoms with Crippen LogP contribution in [0.4, 0.5) is 0 Å². The predicted octanol–water partition coefficient (Wildman–Crippen LogP) is -3.87. The Morgan fingerprint density at radius 1 is 1.33 bits per heavy atom. The van der Waals surface area contributed by atoms with Crippen LogP contribution in [0.3, 0.4) is 0 Å². The first-order valence-electron chi connectivity index (χ1n) is 3.97. The van der Waals surface area contributed by atoms with Gasteiger partial charge in [-0.05, 0) is 0 Å². The van der Waals surface area contributed by atoms with E-state index in [1.165, 1.54) is 7.11 Å². The number of aliphatic hydroxyl groups is 5. The number of aliphatic hydroxyl groups excluding tert-OH is 5. The molecule has 0 radical (unpaired) electrons. The van der Waals surface area contributed by atoms with Crippen molar-refractivity contribution in [1.82, 2.24) is 0 Å². The minimum atomic E-state index is -1.86. The van der Waals surface area contributed by atoms with Crippen molar-refractivity contribution in [3.05, 3.63) is 0 Å². The van der Waals surface area contributed by atoms with Gasteiger partial charge in [0.15, 0.2) is 5.78 Å². The lowest BCUT2D eigenvalue weighted by atomic mass is 10.1. The van der Waals surface area contributed by atoms with E-state index in [4.69, 9.17) is 25.5 Å². The number of rotatable bonds is 5. The van der Waals surface area contributed by atoms with Crippen LogP contribution in [0.25, 0.3) is 0 Å².